The average molecular weight is 440 g/mol. The maximum Gasteiger partial charge on any atom is 0.341 e. The van der Waals surface area contributed by atoms with E-state index < -0.39 is 23.6 Å². The molecule has 0 fully saturated rings. The number of carbonyl (C=O) groups excluding carboxylic acids is 3. The molecule has 3 rings (SSSR count). The van der Waals surface area contributed by atoms with Crippen LogP contribution in [0.5, 0.6) is 0 Å². The van der Waals surface area contributed by atoms with Crippen molar-refractivity contribution < 1.29 is 23.5 Å². The fourth-order valence-corrected chi connectivity index (χ4v) is 4.08. The number of halogens is 1. The number of hydrogen-bond acceptors (Lipinski definition) is 5. The number of carbonyl (C=O) groups is 3. The number of amides is 2. The Morgan fingerprint density at radius 3 is 2.26 bits per heavy atom. The highest BCUT2D eigenvalue weighted by atomic mass is 32.1. The van der Waals surface area contributed by atoms with Crippen molar-refractivity contribution in [1.82, 2.24) is 0 Å². The van der Waals surface area contributed by atoms with Gasteiger partial charge >= 0.3 is 5.97 Å². The van der Waals surface area contributed by atoms with E-state index in [4.69, 9.17) is 4.74 Å². The summed E-state index contributed by atoms with van der Waals surface area (Å²) < 4.78 is 18.0. The Bertz CT molecular complexity index is 1170. The molecular weight excluding hydrogens is 419 g/mol. The third-order valence-electron chi connectivity index (χ3n) is 4.72. The maximum atomic E-state index is 13.1. The Balaban J connectivity index is 1.95. The number of anilines is 2. The largest absolute Gasteiger partial charge is 0.465 e. The lowest BCUT2D eigenvalue weighted by Gasteiger charge is -2.09. The number of aryl methyl sites for hydroxylation is 2. The number of methoxy groups -OCH3 is 1. The van der Waals surface area contributed by atoms with Gasteiger partial charge in [-0.05, 0) is 67.8 Å². The molecule has 0 saturated carbocycles. The highest BCUT2D eigenvalue weighted by molar-refractivity contribution is 7.19. The molecule has 0 saturated heterocycles. The van der Waals surface area contributed by atoms with E-state index in [1.54, 1.807) is 6.92 Å². The molecule has 2 aromatic carbocycles. The summed E-state index contributed by atoms with van der Waals surface area (Å²) >= 11 is 0.974. The van der Waals surface area contributed by atoms with E-state index in [1.165, 1.54) is 31.4 Å². The summed E-state index contributed by atoms with van der Waals surface area (Å²) in [5.74, 6) is -2.07. The molecule has 2 amide bonds. The third kappa shape index (κ3) is 4.80. The molecule has 3 aromatic rings. The summed E-state index contributed by atoms with van der Waals surface area (Å²) in [4.78, 5) is 38.2. The maximum absolute atomic E-state index is 13.1. The summed E-state index contributed by atoms with van der Waals surface area (Å²) in [5, 5.41) is 5.69. The molecule has 2 N–H and O–H groups in total. The molecule has 31 heavy (non-hydrogen) atoms. The monoisotopic (exact) mass is 440 g/mol. The van der Waals surface area contributed by atoms with E-state index in [0.29, 0.717) is 11.3 Å². The molecule has 0 aliphatic rings. The van der Waals surface area contributed by atoms with Crippen LogP contribution in [0.15, 0.2) is 42.5 Å². The number of benzene rings is 2. The lowest BCUT2D eigenvalue weighted by atomic mass is 10.1. The Kier molecular flexibility index (Phi) is 6.50. The van der Waals surface area contributed by atoms with E-state index in [0.717, 1.165) is 22.5 Å². The SMILES string of the molecule is COC(=O)c1c(NC(=O)c2ccc(F)cc2)sc(C(=O)Nc2cc(C)ccc2C)c1C. The van der Waals surface area contributed by atoms with Crippen LogP contribution in [0, 0.1) is 26.6 Å². The number of rotatable bonds is 5. The van der Waals surface area contributed by atoms with Gasteiger partial charge in [0.05, 0.1) is 17.6 Å². The molecule has 160 valence electrons. The van der Waals surface area contributed by atoms with Gasteiger partial charge in [-0.1, -0.05) is 12.1 Å². The molecule has 0 aliphatic carbocycles. The van der Waals surface area contributed by atoms with Gasteiger partial charge in [-0.2, -0.15) is 0 Å². The van der Waals surface area contributed by atoms with Gasteiger partial charge < -0.3 is 15.4 Å². The van der Waals surface area contributed by atoms with Crippen molar-refractivity contribution in [1.29, 1.82) is 0 Å². The summed E-state index contributed by atoms with van der Waals surface area (Å²) in [6.07, 6.45) is 0. The van der Waals surface area contributed by atoms with Crippen LogP contribution in [0.25, 0.3) is 0 Å². The Hall–Kier alpha value is -3.52. The van der Waals surface area contributed by atoms with Crippen LogP contribution in [0.1, 0.15) is 47.1 Å². The smallest absolute Gasteiger partial charge is 0.341 e. The molecule has 0 aliphatic heterocycles. The summed E-state index contributed by atoms with van der Waals surface area (Å²) in [7, 11) is 1.22. The molecule has 1 aromatic heterocycles. The quantitative estimate of drug-likeness (QED) is 0.541. The number of hydrogen-bond donors (Lipinski definition) is 2. The van der Waals surface area contributed by atoms with Crippen molar-refractivity contribution in [3.05, 3.63) is 81.0 Å². The number of nitrogens with one attached hydrogen (secondary N) is 2. The fraction of sp³-hybridized carbons (Fsp3) is 0.174. The molecule has 0 atom stereocenters. The number of esters is 1. The molecule has 0 unspecified atom stereocenters. The van der Waals surface area contributed by atoms with Gasteiger partial charge in [0.1, 0.15) is 10.8 Å². The van der Waals surface area contributed by atoms with Crippen LogP contribution in [-0.4, -0.2) is 24.9 Å². The van der Waals surface area contributed by atoms with Crippen LogP contribution < -0.4 is 10.6 Å². The van der Waals surface area contributed by atoms with E-state index in [-0.39, 0.29) is 21.0 Å². The van der Waals surface area contributed by atoms with E-state index >= 15 is 0 Å². The first kappa shape index (κ1) is 22.2. The second kappa shape index (κ2) is 9.09. The zero-order valence-corrected chi connectivity index (χ0v) is 18.3. The normalized spacial score (nSPS) is 10.5. The zero-order valence-electron chi connectivity index (χ0n) is 17.5. The van der Waals surface area contributed by atoms with Crippen molar-refractivity contribution >= 4 is 39.8 Å². The van der Waals surface area contributed by atoms with Crippen LogP contribution in [-0.2, 0) is 4.74 Å². The summed E-state index contributed by atoms with van der Waals surface area (Å²) in [6.45, 7) is 5.42. The third-order valence-corrected chi connectivity index (χ3v) is 5.92. The minimum atomic E-state index is -0.672. The van der Waals surface area contributed by atoms with Gasteiger partial charge in [0.15, 0.2) is 0 Å². The van der Waals surface area contributed by atoms with E-state index in [9.17, 15) is 18.8 Å². The van der Waals surface area contributed by atoms with Crippen molar-refractivity contribution in [2.75, 3.05) is 17.7 Å². The zero-order chi connectivity index (χ0) is 22.7. The molecule has 0 radical (unpaired) electrons. The highest BCUT2D eigenvalue weighted by Gasteiger charge is 2.27. The van der Waals surface area contributed by atoms with Crippen molar-refractivity contribution in [2.24, 2.45) is 0 Å². The molecule has 0 spiro atoms. The minimum absolute atomic E-state index is 0.106. The first-order valence-electron chi connectivity index (χ1n) is 9.38. The molecule has 1 heterocycles. The lowest BCUT2D eigenvalue weighted by Crippen LogP contribution is -2.14. The van der Waals surface area contributed by atoms with Crippen LogP contribution in [0.4, 0.5) is 15.1 Å². The number of thiophene rings is 1. The molecule has 0 bridgehead atoms. The van der Waals surface area contributed by atoms with Crippen molar-refractivity contribution in [2.45, 2.75) is 20.8 Å². The van der Waals surface area contributed by atoms with E-state index in [2.05, 4.69) is 10.6 Å². The Labute approximate surface area is 183 Å². The minimum Gasteiger partial charge on any atom is -0.465 e. The second-order valence-corrected chi connectivity index (χ2v) is 8.01. The number of ether oxygens (including phenoxy) is 1. The van der Waals surface area contributed by atoms with Crippen LogP contribution in [0.3, 0.4) is 0 Å². The van der Waals surface area contributed by atoms with Crippen molar-refractivity contribution in [3.8, 4) is 0 Å². The first-order chi connectivity index (χ1) is 14.7. The van der Waals surface area contributed by atoms with Gasteiger partial charge in [0.2, 0.25) is 0 Å². The highest BCUT2D eigenvalue weighted by Crippen LogP contribution is 2.35. The van der Waals surface area contributed by atoms with Gasteiger partial charge in [0.25, 0.3) is 11.8 Å². The van der Waals surface area contributed by atoms with Gasteiger partial charge in [-0.25, -0.2) is 9.18 Å². The lowest BCUT2D eigenvalue weighted by molar-refractivity contribution is 0.0601. The second-order valence-electron chi connectivity index (χ2n) is 6.99. The van der Waals surface area contributed by atoms with Crippen LogP contribution in [0.2, 0.25) is 0 Å². The molecule has 6 nitrogen and oxygen atoms in total. The average Bonchev–Trinajstić information content (AvgIpc) is 3.06. The predicted octanol–water partition coefficient (Wildman–Crippen LogP) is 5.10. The topological polar surface area (TPSA) is 84.5 Å². The van der Waals surface area contributed by atoms with Crippen molar-refractivity contribution in [3.63, 3.8) is 0 Å². The molecule has 8 heteroatoms. The van der Waals surface area contributed by atoms with Gasteiger partial charge in [0, 0.05) is 11.3 Å². The van der Waals surface area contributed by atoms with E-state index in [1.807, 2.05) is 32.0 Å². The first-order valence-corrected chi connectivity index (χ1v) is 10.2. The standard InChI is InChI=1S/C23H21FN2O4S/c1-12-5-6-13(2)17(11-12)25-21(28)19-14(3)18(23(29)30-4)22(31-19)26-20(27)15-7-9-16(24)10-8-15/h5-11H,1-4H3,(H,25,28)(H,26,27). The Morgan fingerprint density at radius 2 is 1.61 bits per heavy atom. The summed E-state index contributed by atoms with van der Waals surface area (Å²) in [5.41, 5.74) is 3.26. The predicted molar refractivity (Wildman–Crippen MR) is 119 cm³/mol. The molecular formula is C23H21FN2O4S. The summed E-state index contributed by atoms with van der Waals surface area (Å²) in [6, 6.07) is 10.7. The van der Waals surface area contributed by atoms with Gasteiger partial charge in [-0.15, -0.1) is 11.3 Å². The Morgan fingerprint density at radius 1 is 0.935 bits per heavy atom. The van der Waals surface area contributed by atoms with Crippen LogP contribution >= 0.6 is 11.3 Å². The van der Waals surface area contributed by atoms with Gasteiger partial charge in [-0.3, -0.25) is 9.59 Å². The fourth-order valence-electron chi connectivity index (χ4n) is 2.99.